The van der Waals surface area contributed by atoms with Gasteiger partial charge in [0.05, 0.1) is 38.5 Å². The molecule has 1 amide bonds. The van der Waals surface area contributed by atoms with Gasteiger partial charge in [-0.15, -0.1) is 0 Å². The minimum atomic E-state index is -1.12. The third kappa shape index (κ3) is 4.36. The second kappa shape index (κ2) is 10.2. The zero-order chi connectivity index (χ0) is 27.8. The summed E-state index contributed by atoms with van der Waals surface area (Å²) in [5, 5.41) is 12.0. The molecule has 0 aliphatic carbocycles. The Bertz CT molecular complexity index is 1670. The minimum Gasteiger partial charge on any atom is -0.503 e. The van der Waals surface area contributed by atoms with E-state index in [4.69, 9.17) is 30.2 Å². The average molecular weight is 548 g/mol. The molecule has 0 saturated carbocycles. The predicted octanol–water partition coefficient (Wildman–Crippen LogP) is 5.67. The van der Waals surface area contributed by atoms with Crippen LogP contribution in [-0.4, -0.2) is 44.1 Å². The van der Waals surface area contributed by atoms with Gasteiger partial charge in [0.15, 0.2) is 22.9 Å². The third-order valence-electron chi connectivity index (χ3n) is 6.42. The lowest BCUT2D eigenvalue weighted by molar-refractivity contribution is -0.117. The number of ketones is 1. The number of halogens is 1. The minimum absolute atomic E-state index is 0.134. The van der Waals surface area contributed by atoms with Crippen LogP contribution < -0.4 is 14.4 Å². The number of ether oxygens (including phenoxy) is 3. The Kier molecular flexibility index (Phi) is 6.76. The normalized spacial score (nSPS) is 15.1. The third-order valence-corrected chi connectivity index (χ3v) is 6.64. The SMILES string of the molecule is COC(=O)c1cccc(N2C(=O)C(O)=C(C(=O)c3cc4cc(Cl)cc(OC)c4o3)C2c2ccccc2OC)c1. The number of fused-ring (bicyclic) bond motifs is 1. The van der Waals surface area contributed by atoms with Gasteiger partial charge in [-0.3, -0.25) is 14.5 Å². The molecule has 1 aromatic heterocycles. The molecule has 2 heterocycles. The summed E-state index contributed by atoms with van der Waals surface area (Å²) in [6.07, 6.45) is 0. The second-order valence-corrected chi connectivity index (χ2v) is 9.03. The molecule has 4 aromatic rings. The summed E-state index contributed by atoms with van der Waals surface area (Å²) in [6.45, 7) is 0. The molecule has 10 heteroatoms. The maximum atomic E-state index is 14.0. The number of Topliss-reactive ketones (excluding diaryl/α,β-unsaturated/α-hetero) is 1. The van der Waals surface area contributed by atoms with Crippen LogP contribution in [-0.2, 0) is 9.53 Å². The van der Waals surface area contributed by atoms with Gasteiger partial charge in [0.25, 0.3) is 5.91 Å². The lowest BCUT2D eigenvalue weighted by atomic mass is 9.94. The molecule has 1 atom stereocenters. The van der Waals surface area contributed by atoms with E-state index in [1.807, 2.05) is 0 Å². The fourth-order valence-corrected chi connectivity index (χ4v) is 4.89. The van der Waals surface area contributed by atoms with Crippen LogP contribution >= 0.6 is 11.6 Å². The van der Waals surface area contributed by atoms with E-state index in [0.29, 0.717) is 27.5 Å². The number of aliphatic hydroxyl groups excluding tert-OH is 1. The number of carbonyl (C=O) groups is 3. The molecule has 9 nitrogen and oxygen atoms in total. The van der Waals surface area contributed by atoms with E-state index in [0.717, 1.165) is 0 Å². The van der Waals surface area contributed by atoms with E-state index < -0.39 is 29.5 Å². The van der Waals surface area contributed by atoms with Crippen molar-refractivity contribution in [2.24, 2.45) is 0 Å². The highest BCUT2D eigenvalue weighted by Crippen LogP contribution is 2.45. The molecule has 39 heavy (non-hydrogen) atoms. The molecule has 1 aliphatic heterocycles. The van der Waals surface area contributed by atoms with E-state index in [-0.39, 0.29) is 28.2 Å². The first-order chi connectivity index (χ1) is 18.8. The maximum Gasteiger partial charge on any atom is 0.337 e. The quantitative estimate of drug-likeness (QED) is 0.232. The van der Waals surface area contributed by atoms with Crippen molar-refractivity contribution in [3.8, 4) is 11.5 Å². The van der Waals surface area contributed by atoms with Gasteiger partial charge < -0.3 is 23.7 Å². The number of furan rings is 1. The number of hydrogen-bond acceptors (Lipinski definition) is 8. The van der Waals surface area contributed by atoms with Crippen LogP contribution in [0.15, 0.2) is 82.5 Å². The van der Waals surface area contributed by atoms with Gasteiger partial charge in [-0.1, -0.05) is 35.9 Å². The first-order valence-electron chi connectivity index (χ1n) is 11.7. The van der Waals surface area contributed by atoms with Crippen LogP contribution in [0.25, 0.3) is 11.0 Å². The standard InChI is InChI=1S/C29H22ClNO8/c1-36-20-10-5-4-9-19(20)24-23(25(32)21-13-16-11-17(30)14-22(37-2)27(16)39-21)26(33)28(34)31(24)18-8-6-7-15(12-18)29(35)38-3/h4-14,24,33H,1-3H3. The average Bonchev–Trinajstić information content (AvgIpc) is 3.50. The lowest BCUT2D eigenvalue weighted by Crippen LogP contribution is -2.31. The topological polar surface area (TPSA) is 116 Å². The summed E-state index contributed by atoms with van der Waals surface area (Å²) in [7, 11) is 4.14. The molecule has 0 saturated heterocycles. The number of hydrogen-bond donors (Lipinski definition) is 1. The van der Waals surface area contributed by atoms with Crippen LogP contribution in [0, 0.1) is 0 Å². The largest absolute Gasteiger partial charge is 0.503 e. The molecule has 3 aromatic carbocycles. The molecule has 5 rings (SSSR count). The van der Waals surface area contributed by atoms with Crippen LogP contribution in [0.3, 0.4) is 0 Å². The Morgan fingerprint density at radius 2 is 1.69 bits per heavy atom. The smallest absolute Gasteiger partial charge is 0.337 e. The van der Waals surface area contributed by atoms with Crippen molar-refractivity contribution >= 4 is 45.9 Å². The number of rotatable bonds is 7. The van der Waals surface area contributed by atoms with Crippen molar-refractivity contribution in [3.63, 3.8) is 0 Å². The predicted molar refractivity (Wildman–Crippen MR) is 143 cm³/mol. The second-order valence-electron chi connectivity index (χ2n) is 8.59. The summed E-state index contributed by atoms with van der Waals surface area (Å²) >= 11 is 6.18. The molecular formula is C29H22ClNO8. The number of benzene rings is 3. The number of para-hydroxylation sites is 1. The number of amides is 1. The van der Waals surface area contributed by atoms with Gasteiger partial charge in [0.2, 0.25) is 5.78 Å². The van der Waals surface area contributed by atoms with Gasteiger partial charge in [-0.25, -0.2) is 4.79 Å². The Morgan fingerprint density at radius 3 is 2.41 bits per heavy atom. The molecule has 0 spiro atoms. The molecular weight excluding hydrogens is 526 g/mol. The number of methoxy groups -OCH3 is 3. The molecule has 0 bridgehead atoms. The Balaban J connectivity index is 1.69. The van der Waals surface area contributed by atoms with Crippen molar-refractivity contribution in [2.45, 2.75) is 6.04 Å². The van der Waals surface area contributed by atoms with Crippen molar-refractivity contribution in [3.05, 3.63) is 100.0 Å². The number of anilines is 1. The summed E-state index contributed by atoms with van der Waals surface area (Å²) in [5.41, 5.74) is 0.928. The van der Waals surface area contributed by atoms with Gasteiger partial charge in [-0.05, 0) is 36.4 Å². The van der Waals surface area contributed by atoms with E-state index in [1.54, 1.807) is 48.5 Å². The molecule has 0 fully saturated rings. The number of esters is 1. The van der Waals surface area contributed by atoms with E-state index in [9.17, 15) is 19.5 Å². The number of carbonyl (C=O) groups excluding carboxylic acids is 3. The van der Waals surface area contributed by atoms with E-state index in [2.05, 4.69) is 0 Å². The zero-order valence-electron chi connectivity index (χ0n) is 21.1. The number of nitrogens with zero attached hydrogens (tertiary/aromatic N) is 1. The Labute approximate surface area is 227 Å². The van der Waals surface area contributed by atoms with Crippen molar-refractivity contribution in [2.75, 3.05) is 26.2 Å². The summed E-state index contributed by atoms with van der Waals surface area (Å²) < 4.78 is 21.5. The fraction of sp³-hybridized carbons (Fsp3) is 0.138. The maximum absolute atomic E-state index is 14.0. The number of aliphatic hydroxyl groups is 1. The lowest BCUT2D eigenvalue weighted by Gasteiger charge is -2.28. The van der Waals surface area contributed by atoms with Crippen molar-refractivity contribution in [1.82, 2.24) is 0 Å². The summed E-state index contributed by atoms with van der Waals surface area (Å²) in [6, 6.07) is 16.4. The van der Waals surface area contributed by atoms with Gasteiger partial charge in [-0.2, -0.15) is 0 Å². The molecule has 1 N–H and O–H groups in total. The van der Waals surface area contributed by atoms with Crippen LogP contribution in [0.4, 0.5) is 5.69 Å². The summed E-state index contributed by atoms with van der Waals surface area (Å²) in [5.74, 6) is -2.37. The monoisotopic (exact) mass is 547 g/mol. The molecule has 1 aliphatic rings. The van der Waals surface area contributed by atoms with E-state index >= 15 is 0 Å². The van der Waals surface area contributed by atoms with Crippen LogP contribution in [0.2, 0.25) is 5.02 Å². The Hall–Kier alpha value is -4.76. The van der Waals surface area contributed by atoms with Crippen LogP contribution in [0.1, 0.15) is 32.5 Å². The Morgan fingerprint density at radius 1 is 0.949 bits per heavy atom. The van der Waals surface area contributed by atoms with Gasteiger partial charge in [0, 0.05) is 27.7 Å². The molecule has 0 radical (unpaired) electrons. The first kappa shape index (κ1) is 25.9. The highest BCUT2D eigenvalue weighted by atomic mass is 35.5. The summed E-state index contributed by atoms with van der Waals surface area (Å²) in [4.78, 5) is 40.9. The van der Waals surface area contributed by atoms with E-state index in [1.165, 1.54) is 44.4 Å². The van der Waals surface area contributed by atoms with Crippen molar-refractivity contribution < 1.29 is 38.1 Å². The highest BCUT2D eigenvalue weighted by Gasteiger charge is 2.46. The molecule has 1 unspecified atom stereocenters. The van der Waals surface area contributed by atoms with Gasteiger partial charge >= 0.3 is 5.97 Å². The van der Waals surface area contributed by atoms with Crippen LogP contribution in [0.5, 0.6) is 11.5 Å². The first-order valence-corrected chi connectivity index (χ1v) is 12.1. The van der Waals surface area contributed by atoms with Gasteiger partial charge in [0.1, 0.15) is 5.75 Å². The molecule has 198 valence electrons. The zero-order valence-corrected chi connectivity index (χ0v) is 21.8. The van der Waals surface area contributed by atoms with Crippen molar-refractivity contribution in [1.29, 1.82) is 0 Å². The highest BCUT2D eigenvalue weighted by molar-refractivity contribution is 6.31. The fourth-order valence-electron chi connectivity index (χ4n) is 4.67.